The lowest BCUT2D eigenvalue weighted by atomic mass is 10.0. The van der Waals surface area contributed by atoms with Crippen molar-refractivity contribution in [1.82, 2.24) is 24.7 Å². The average molecular weight is 542 g/mol. The van der Waals surface area contributed by atoms with Crippen LogP contribution in [0.1, 0.15) is 25.5 Å². The highest BCUT2D eigenvalue weighted by Gasteiger charge is 2.55. The van der Waals surface area contributed by atoms with Crippen molar-refractivity contribution in [2.45, 2.75) is 31.3 Å². The van der Waals surface area contributed by atoms with E-state index in [1.807, 2.05) is 0 Å². The zero-order valence-corrected chi connectivity index (χ0v) is 20.7. The van der Waals surface area contributed by atoms with Crippen molar-refractivity contribution < 1.29 is 41.7 Å². The van der Waals surface area contributed by atoms with Crippen molar-refractivity contribution in [3.63, 3.8) is 0 Å². The molecule has 0 spiro atoms. The van der Waals surface area contributed by atoms with Gasteiger partial charge < -0.3 is 15.5 Å². The average Bonchev–Trinajstić information content (AvgIpc) is 2.81. The van der Waals surface area contributed by atoms with Crippen LogP contribution in [-0.4, -0.2) is 92.9 Å². The molecule has 14 nitrogen and oxygen atoms in total. The van der Waals surface area contributed by atoms with Gasteiger partial charge >= 0.3 is 28.1 Å². The van der Waals surface area contributed by atoms with Crippen molar-refractivity contribution in [3.8, 4) is 0 Å². The summed E-state index contributed by atoms with van der Waals surface area (Å²) in [5, 5.41) is 2.64. The molecular formula is C20H23N5O9S2. The van der Waals surface area contributed by atoms with Gasteiger partial charge in [-0.25, -0.2) is 4.79 Å². The molecule has 2 saturated heterocycles. The number of imide groups is 1. The molecule has 2 fully saturated rings. The van der Waals surface area contributed by atoms with Gasteiger partial charge in [-0.3, -0.25) is 33.4 Å². The van der Waals surface area contributed by atoms with Gasteiger partial charge in [0.05, 0.1) is 0 Å². The molecule has 2 aliphatic rings. The number of urea groups is 1. The molecule has 0 saturated carbocycles. The predicted molar refractivity (Wildman–Crippen MR) is 124 cm³/mol. The Hall–Kier alpha value is -3.50. The Morgan fingerprint density at radius 2 is 1.75 bits per heavy atom. The predicted octanol–water partition coefficient (Wildman–Crippen LogP) is -1.14. The van der Waals surface area contributed by atoms with Gasteiger partial charge in [0.2, 0.25) is 5.91 Å². The minimum Gasteiger partial charge on any atom is -0.340 e. The number of nitrogens with zero attached hydrogens (tertiary/aromatic N) is 3. The summed E-state index contributed by atoms with van der Waals surface area (Å²) >= 11 is 0.407. The molecule has 1 aromatic rings. The monoisotopic (exact) mass is 541 g/mol. The van der Waals surface area contributed by atoms with Crippen LogP contribution in [0.5, 0.6) is 0 Å². The number of likely N-dealkylation sites (N-methyl/N-ethyl adjacent to an activating group) is 1. The fraction of sp³-hybridized carbons (Fsp3) is 0.400. The first-order valence-electron chi connectivity index (χ1n) is 10.6. The van der Waals surface area contributed by atoms with E-state index in [-0.39, 0.29) is 29.5 Å². The lowest BCUT2D eigenvalue weighted by molar-refractivity contribution is -0.153. The highest BCUT2D eigenvalue weighted by Crippen LogP contribution is 2.33. The Morgan fingerprint density at radius 3 is 2.31 bits per heavy atom. The molecule has 1 aromatic carbocycles. The van der Waals surface area contributed by atoms with E-state index in [1.54, 1.807) is 25.1 Å². The highest BCUT2D eigenvalue weighted by atomic mass is 32.2. The Kier molecular flexibility index (Phi) is 8.00. The van der Waals surface area contributed by atoms with Gasteiger partial charge in [-0.1, -0.05) is 42.1 Å². The standard InChI is InChI=1S/C20H23N5O9S2/c1-3-23-9-10-24(18(30)17(23)29)20(31)22-13(12-7-5-4-6-8-12)15(27)21-14-16(28)25(36(32,33)34)19(14)35-11(2)26/h4-8,13-14,19H,3,9-10H2,1-2H3,(H,21,27)(H,22,31)(H,32,33,34)/t13?,14-,19+/m1/s1. The molecule has 0 radical (unpaired) electrons. The van der Waals surface area contributed by atoms with E-state index in [9.17, 15) is 41.7 Å². The summed E-state index contributed by atoms with van der Waals surface area (Å²) in [6, 6.07) is 3.77. The quantitative estimate of drug-likeness (QED) is 0.216. The summed E-state index contributed by atoms with van der Waals surface area (Å²) in [6.07, 6.45) is 0. The minimum absolute atomic E-state index is 0.0671. The molecule has 36 heavy (non-hydrogen) atoms. The first kappa shape index (κ1) is 27.1. The van der Waals surface area contributed by atoms with Crippen molar-refractivity contribution in [2.24, 2.45) is 0 Å². The lowest BCUT2D eigenvalue weighted by Gasteiger charge is -2.43. The Labute approximate surface area is 210 Å². The number of carbonyl (C=O) groups excluding carboxylic acids is 6. The summed E-state index contributed by atoms with van der Waals surface area (Å²) in [7, 11) is -4.99. The van der Waals surface area contributed by atoms with Crippen LogP contribution in [0.4, 0.5) is 4.79 Å². The van der Waals surface area contributed by atoms with Crippen LogP contribution in [0, 0.1) is 0 Å². The van der Waals surface area contributed by atoms with Crippen LogP contribution >= 0.6 is 11.8 Å². The van der Waals surface area contributed by atoms with Crippen LogP contribution in [0.15, 0.2) is 30.3 Å². The number of β-lactam (4-membered cyclic amide) rings is 1. The molecule has 0 aliphatic carbocycles. The Morgan fingerprint density at radius 1 is 1.11 bits per heavy atom. The van der Waals surface area contributed by atoms with Gasteiger partial charge in [-0.05, 0) is 12.5 Å². The summed E-state index contributed by atoms with van der Waals surface area (Å²) in [6.45, 7) is 3.08. The molecule has 3 rings (SSSR count). The molecule has 2 aliphatic heterocycles. The third kappa shape index (κ3) is 5.50. The number of rotatable bonds is 7. The zero-order valence-electron chi connectivity index (χ0n) is 19.1. The third-order valence-corrected chi connectivity index (χ3v) is 7.53. The van der Waals surface area contributed by atoms with E-state index in [0.29, 0.717) is 16.7 Å². The van der Waals surface area contributed by atoms with Crippen LogP contribution in [0.25, 0.3) is 0 Å². The molecule has 3 atom stereocenters. The van der Waals surface area contributed by atoms with Gasteiger partial charge in [-0.2, -0.15) is 12.7 Å². The summed E-state index contributed by atoms with van der Waals surface area (Å²) < 4.78 is 32.4. The smallest absolute Gasteiger partial charge is 0.340 e. The third-order valence-electron chi connectivity index (χ3n) is 5.43. The maximum atomic E-state index is 13.2. The number of piperazine rings is 1. The van der Waals surface area contributed by atoms with E-state index in [0.717, 1.165) is 6.92 Å². The number of benzene rings is 1. The number of hydrogen-bond donors (Lipinski definition) is 3. The van der Waals surface area contributed by atoms with Gasteiger partial charge in [0.15, 0.2) is 5.12 Å². The van der Waals surface area contributed by atoms with E-state index in [4.69, 9.17) is 0 Å². The Bertz CT molecular complexity index is 1210. The Balaban J connectivity index is 1.82. The summed E-state index contributed by atoms with van der Waals surface area (Å²) in [5.41, 5.74) is 0.253. The van der Waals surface area contributed by atoms with E-state index >= 15 is 0 Å². The molecule has 3 N–H and O–H groups in total. The van der Waals surface area contributed by atoms with Gasteiger partial charge in [0.25, 0.3) is 5.91 Å². The molecule has 0 bridgehead atoms. The summed E-state index contributed by atoms with van der Waals surface area (Å²) in [5.74, 6) is -4.07. The molecule has 2 heterocycles. The van der Waals surface area contributed by atoms with Crippen LogP contribution < -0.4 is 10.6 Å². The number of carbonyl (C=O) groups is 6. The van der Waals surface area contributed by atoms with Gasteiger partial charge in [0, 0.05) is 26.6 Å². The maximum Gasteiger partial charge on any atom is 0.363 e. The molecule has 194 valence electrons. The molecule has 16 heteroatoms. The first-order chi connectivity index (χ1) is 16.9. The van der Waals surface area contributed by atoms with Crippen LogP contribution in [-0.2, 0) is 34.3 Å². The zero-order chi connectivity index (χ0) is 26.8. The van der Waals surface area contributed by atoms with E-state index < -0.39 is 62.5 Å². The summed E-state index contributed by atoms with van der Waals surface area (Å²) in [4.78, 5) is 76.4. The minimum atomic E-state index is -4.99. The van der Waals surface area contributed by atoms with E-state index in [1.165, 1.54) is 17.0 Å². The molecular weight excluding hydrogens is 518 g/mol. The molecule has 1 unspecified atom stereocenters. The number of hydrogen-bond acceptors (Lipinski definition) is 9. The second-order valence-corrected chi connectivity index (χ2v) is 10.3. The van der Waals surface area contributed by atoms with Crippen molar-refractivity contribution in [2.75, 3.05) is 19.6 Å². The van der Waals surface area contributed by atoms with Gasteiger partial charge in [-0.15, -0.1) is 0 Å². The van der Waals surface area contributed by atoms with Gasteiger partial charge in [0.1, 0.15) is 17.5 Å². The first-order valence-corrected chi connectivity index (χ1v) is 12.9. The number of amides is 6. The maximum absolute atomic E-state index is 13.2. The van der Waals surface area contributed by atoms with Crippen LogP contribution in [0.3, 0.4) is 0 Å². The second-order valence-electron chi connectivity index (χ2n) is 7.73. The van der Waals surface area contributed by atoms with E-state index in [2.05, 4.69) is 10.6 Å². The topological polar surface area (TPSA) is 191 Å². The van der Waals surface area contributed by atoms with Crippen molar-refractivity contribution in [3.05, 3.63) is 35.9 Å². The normalized spacial score (nSPS) is 21.1. The second kappa shape index (κ2) is 10.6. The fourth-order valence-electron chi connectivity index (χ4n) is 3.66. The van der Waals surface area contributed by atoms with Crippen molar-refractivity contribution >= 4 is 56.8 Å². The number of nitrogens with one attached hydrogen (secondary N) is 2. The molecule has 6 amide bonds. The largest absolute Gasteiger partial charge is 0.363 e. The highest BCUT2D eigenvalue weighted by molar-refractivity contribution is 8.14. The molecule has 0 aromatic heterocycles. The fourth-order valence-corrected chi connectivity index (χ4v) is 5.70. The number of thioether (sulfide) groups is 1. The lowest BCUT2D eigenvalue weighted by Crippen LogP contribution is -2.71. The van der Waals surface area contributed by atoms with Crippen molar-refractivity contribution in [1.29, 1.82) is 0 Å². The van der Waals surface area contributed by atoms with Crippen LogP contribution in [0.2, 0.25) is 0 Å². The SMILES string of the molecule is CCN1CCN(C(=O)NC(C(=O)N[C@@H]2C(=O)N(S(=O)(=O)O)[C@H]2SC(C)=O)c2ccccc2)C(=O)C1=O.